The monoisotopic (exact) mass is 442 g/mol. The number of hydrogen-bond acceptors (Lipinski definition) is 6. The molecule has 32 heavy (non-hydrogen) atoms. The van der Waals surface area contributed by atoms with Crippen molar-refractivity contribution in [3.05, 3.63) is 29.8 Å². The molecule has 172 valence electrons. The summed E-state index contributed by atoms with van der Waals surface area (Å²) in [5.74, 6) is 0.755. The fourth-order valence-electron chi connectivity index (χ4n) is 5.14. The van der Waals surface area contributed by atoms with Crippen LogP contribution in [0.2, 0.25) is 0 Å². The lowest BCUT2D eigenvalue weighted by Gasteiger charge is -2.30. The minimum absolute atomic E-state index is 0.0372. The summed E-state index contributed by atoms with van der Waals surface area (Å²) < 4.78 is 23.1. The van der Waals surface area contributed by atoms with E-state index in [1.54, 1.807) is 4.90 Å². The van der Waals surface area contributed by atoms with E-state index in [0.717, 1.165) is 31.4 Å². The Balaban J connectivity index is 1.37. The maximum Gasteiger partial charge on any atom is 0.277 e. The van der Waals surface area contributed by atoms with Gasteiger partial charge in [0.15, 0.2) is 12.7 Å². The van der Waals surface area contributed by atoms with Crippen molar-refractivity contribution in [1.82, 2.24) is 4.90 Å². The first-order valence-corrected chi connectivity index (χ1v) is 11.6. The summed E-state index contributed by atoms with van der Waals surface area (Å²) in [6.07, 6.45) is 4.04. The molecule has 2 saturated heterocycles. The number of aliphatic imine (C=N–C) groups is 1. The van der Waals surface area contributed by atoms with Crippen molar-refractivity contribution in [2.45, 2.75) is 56.3 Å². The molecule has 0 spiro atoms. The molecule has 5 aliphatic rings. The van der Waals surface area contributed by atoms with Crippen LogP contribution in [0.1, 0.15) is 43.6 Å². The Morgan fingerprint density at radius 2 is 1.88 bits per heavy atom. The third kappa shape index (κ3) is 4.58. The Bertz CT molecular complexity index is 873. The number of ether oxygens (including phenoxy) is 4. The summed E-state index contributed by atoms with van der Waals surface area (Å²) >= 11 is 0. The van der Waals surface area contributed by atoms with E-state index in [-0.39, 0.29) is 37.2 Å². The van der Waals surface area contributed by atoms with Crippen molar-refractivity contribution in [2.75, 3.05) is 39.6 Å². The van der Waals surface area contributed by atoms with Crippen LogP contribution in [0, 0.1) is 0 Å². The number of amides is 2. The van der Waals surface area contributed by atoms with Gasteiger partial charge in [0.25, 0.3) is 11.8 Å². The van der Waals surface area contributed by atoms with Crippen LogP contribution in [-0.4, -0.2) is 80.3 Å². The van der Waals surface area contributed by atoms with E-state index in [1.165, 1.54) is 5.56 Å². The molecule has 2 bridgehead atoms. The minimum Gasteiger partial charge on any atom is -0.483 e. The van der Waals surface area contributed by atoms with Crippen LogP contribution in [0.15, 0.2) is 29.3 Å². The first-order valence-electron chi connectivity index (χ1n) is 11.6. The van der Waals surface area contributed by atoms with Gasteiger partial charge in [-0.25, -0.2) is 4.99 Å². The van der Waals surface area contributed by atoms with E-state index in [4.69, 9.17) is 18.9 Å². The van der Waals surface area contributed by atoms with Crippen LogP contribution in [0.5, 0.6) is 5.75 Å². The van der Waals surface area contributed by atoms with Gasteiger partial charge in [0.2, 0.25) is 0 Å². The first-order chi connectivity index (χ1) is 15.7. The zero-order valence-corrected chi connectivity index (χ0v) is 18.2. The number of fused-ring (bicyclic) bond motifs is 5. The molecule has 3 fully saturated rings. The maximum atomic E-state index is 13.1. The molecule has 1 aromatic carbocycles. The van der Waals surface area contributed by atoms with Crippen LogP contribution in [-0.2, 0) is 23.8 Å². The molecule has 1 unspecified atom stereocenters. The Hall–Kier alpha value is -2.29. The van der Waals surface area contributed by atoms with Gasteiger partial charge in [0.05, 0.1) is 38.6 Å². The van der Waals surface area contributed by atoms with Crippen LogP contribution in [0.25, 0.3) is 0 Å². The lowest BCUT2D eigenvalue weighted by Crippen LogP contribution is -2.44. The molecule has 1 aromatic rings. The number of benzene rings is 1. The summed E-state index contributed by atoms with van der Waals surface area (Å²) in [6, 6.07) is 7.68. The Kier molecular flexibility index (Phi) is 6.52. The van der Waals surface area contributed by atoms with Gasteiger partial charge < -0.3 is 23.8 Å². The zero-order chi connectivity index (χ0) is 21.9. The van der Waals surface area contributed by atoms with Crippen molar-refractivity contribution < 1.29 is 28.5 Å². The Labute approximate surface area is 187 Å². The Morgan fingerprint density at radius 1 is 1.03 bits per heavy atom. The summed E-state index contributed by atoms with van der Waals surface area (Å²) in [4.78, 5) is 31.8. The Morgan fingerprint density at radius 3 is 2.69 bits per heavy atom. The molecule has 2 amide bonds. The normalized spacial score (nSPS) is 32.3. The van der Waals surface area contributed by atoms with Crippen LogP contribution in [0.3, 0.4) is 0 Å². The van der Waals surface area contributed by atoms with Crippen LogP contribution in [0.4, 0.5) is 0 Å². The summed E-state index contributed by atoms with van der Waals surface area (Å²) in [5, 5.41) is 0. The lowest BCUT2D eigenvalue weighted by molar-refractivity contribution is -0.144. The second-order valence-electron chi connectivity index (χ2n) is 8.86. The molecule has 1 saturated carbocycles. The molecule has 2 atom stereocenters. The molecule has 0 radical (unpaired) electrons. The van der Waals surface area contributed by atoms with Crippen molar-refractivity contribution >= 4 is 17.5 Å². The predicted octanol–water partition coefficient (Wildman–Crippen LogP) is 2.11. The predicted molar refractivity (Wildman–Crippen MR) is 116 cm³/mol. The maximum absolute atomic E-state index is 13.1. The third-order valence-corrected chi connectivity index (χ3v) is 6.91. The second kappa shape index (κ2) is 9.68. The molecular weight excluding hydrogens is 412 g/mol. The topological polar surface area (TPSA) is 86.7 Å². The van der Waals surface area contributed by atoms with Gasteiger partial charge in [-0.15, -0.1) is 0 Å². The lowest BCUT2D eigenvalue weighted by atomic mass is 9.82. The standard InChI is InChI=1S/C24H30N2O6/c27-23-15-32-21-4-2-1-3-18(21)16-5-7-17(8-6-16)31-13-20-19(9-10-26(20)23)25-24(28)22-14-29-11-12-30-22/h1-4,16-17,20,22H,5-15H2/t16?,17?,20?,22-/m0/s1. The van der Waals surface area contributed by atoms with Crippen molar-refractivity contribution in [3.8, 4) is 5.75 Å². The molecule has 4 aliphatic heterocycles. The number of hydrogen-bond donors (Lipinski definition) is 0. The van der Waals surface area contributed by atoms with E-state index in [1.807, 2.05) is 18.2 Å². The summed E-state index contributed by atoms with van der Waals surface area (Å²) in [6.45, 7) is 1.91. The molecule has 8 nitrogen and oxygen atoms in total. The van der Waals surface area contributed by atoms with Gasteiger partial charge in [0, 0.05) is 18.7 Å². The van der Waals surface area contributed by atoms with E-state index in [0.29, 0.717) is 44.4 Å². The number of para-hydroxylation sites is 1. The van der Waals surface area contributed by atoms with Crippen molar-refractivity contribution in [1.29, 1.82) is 0 Å². The van der Waals surface area contributed by atoms with Crippen LogP contribution >= 0.6 is 0 Å². The first kappa shape index (κ1) is 21.6. The molecular formula is C24H30N2O6. The highest BCUT2D eigenvalue weighted by molar-refractivity contribution is 6.03. The summed E-state index contributed by atoms with van der Waals surface area (Å²) in [7, 11) is 0. The average Bonchev–Trinajstić information content (AvgIpc) is 3.24. The van der Waals surface area contributed by atoms with Crippen molar-refractivity contribution in [3.63, 3.8) is 0 Å². The highest BCUT2D eigenvalue weighted by Crippen LogP contribution is 2.38. The highest BCUT2D eigenvalue weighted by Gasteiger charge is 2.37. The SMILES string of the molecule is O=C(N=C1CCN2C(=O)COc3ccccc3C3CCC(CC3)OCC12)[C@@H]1COCCO1. The number of rotatable bonds is 1. The second-order valence-corrected chi connectivity index (χ2v) is 8.86. The highest BCUT2D eigenvalue weighted by atomic mass is 16.6. The fraction of sp³-hybridized carbons (Fsp3) is 0.625. The third-order valence-electron chi connectivity index (χ3n) is 6.91. The zero-order valence-electron chi connectivity index (χ0n) is 18.2. The average molecular weight is 443 g/mol. The van der Waals surface area contributed by atoms with E-state index in [2.05, 4.69) is 11.1 Å². The molecule has 0 aromatic heterocycles. The molecule has 8 heteroatoms. The number of carbonyl (C=O) groups is 2. The van der Waals surface area contributed by atoms with Gasteiger partial charge in [0.1, 0.15) is 5.75 Å². The number of nitrogens with zero attached hydrogens (tertiary/aromatic N) is 2. The quantitative estimate of drug-likeness (QED) is 0.662. The van der Waals surface area contributed by atoms with Gasteiger partial charge in [-0.2, -0.15) is 0 Å². The minimum atomic E-state index is -0.674. The summed E-state index contributed by atoms with van der Waals surface area (Å²) in [5.41, 5.74) is 1.86. The molecule has 4 heterocycles. The molecule has 0 N–H and O–H groups in total. The van der Waals surface area contributed by atoms with E-state index < -0.39 is 6.10 Å². The van der Waals surface area contributed by atoms with E-state index in [9.17, 15) is 9.59 Å². The molecule has 6 rings (SSSR count). The number of carbonyl (C=O) groups excluding carboxylic acids is 2. The van der Waals surface area contributed by atoms with Gasteiger partial charge in [-0.05, 0) is 43.2 Å². The van der Waals surface area contributed by atoms with Gasteiger partial charge in [-0.3, -0.25) is 9.59 Å². The fourth-order valence-corrected chi connectivity index (χ4v) is 5.14. The van der Waals surface area contributed by atoms with Crippen molar-refractivity contribution in [2.24, 2.45) is 4.99 Å². The van der Waals surface area contributed by atoms with Crippen LogP contribution < -0.4 is 4.74 Å². The largest absolute Gasteiger partial charge is 0.483 e. The van der Waals surface area contributed by atoms with Gasteiger partial charge >= 0.3 is 0 Å². The van der Waals surface area contributed by atoms with Gasteiger partial charge in [-0.1, -0.05) is 18.2 Å². The molecule has 1 aliphatic carbocycles. The smallest absolute Gasteiger partial charge is 0.277 e. The van der Waals surface area contributed by atoms with E-state index >= 15 is 0 Å².